The molecule has 0 fully saturated rings. The summed E-state index contributed by atoms with van der Waals surface area (Å²) in [6.45, 7) is -0.185. The van der Waals surface area contributed by atoms with Crippen molar-refractivity contribution >= 4 is 17.7 Å². The Labute approximate surface area is 88.6 Å². The molecule has 5 heteroatoms. The van der Waals surface area contributed by atoms with E-state index in [1.165, 1.54) is 7.11 Å². The van der Waals surface area contributed by atoms with Crippen LogP contribution in [-0.4, -0.2) is 47.5 Å². The van der Waals surface area contributed by atoms with Crippen molar-refractivity contribution in [1.29, 1.82) is 0 Å². The molecule has 2 N–H and O–H groups in total. The van der Waals surface area contributed by atoms with Crippen LogP contribution in [0.2, 0.25) is 0 Å². The van der Waals surface area contributed by atoms with Crippen LogP contribution in [0.3, 0.4) is 0 Å². The Kier molecular flexibility index (Phi) is 9.13. The maximum atomic E-state index is 10.7. The molecule has 0 aliphatic rings. The molecule has 0 aliphatic carbocycles. The number of aliphatic hydroxyl groups excluding tert-OH is 2. The van der Waals surface area contributed by atoms with E-state index in [1.807, 2.05) is 0 Å². The first-order chi connectivity index (χ1) is 6.70. The van der Waals surface area contributed by atoms with Gasteiger partial charge in [-0.3, -0.25) is 4.79 Å². The van der Waals surface area contributed by atoms with Gasteiger partial charge in [-0.05, 0) is 18.6 Å². The Morgan fingerprint density at radius 3 is 2.79 bits per heavy atom. The molecule has 0 aromatic carbocycles. The smallest absolute Gasteiger partial charge is 0.305 e. The molecule has 0 bridgehead atoms. The Hall–Kier alpha value is -0.260. The van der Waals surface area contributed by atoms with Crippen LogP contribution < -0.4 is 0 Å². The Morgan fingerprint density at radius 2 is 2.21 bits per heavy atom. The second-order valence-corrected chi connectivity index (χ2v) is 4.09. The first-order valence-corrected chi connectivity index (χ1v) is 5.79. The molecule has 1 atom stereocenters. The predicted molar refractivity (Wildman–Crippen MR) is 56.3 cm³/mol. The number of carbonyl (C=O) groups is 1. The molecule has 4 nitrogen and oxygen atoms in total. The van der Waals surface area contributed by atoms with Gasteiger partial charge in [0.1, 0.15) is 0 Å². The van der Waals surface area contributed by atoms with E-state index in [1.54, 1.807) is 11.8 Å². The van der Waals surface area contributed by atoms with Gasteiger partial charge in [0.05, 0.1) is 19.8 Å². The van der Waals surface area contributed by atoms with Crippen LogP contribution in [0.4, 0.5) is 0 Å². The summed E-state index contributed by atoms with van der Waals surface area (Å²) < 4.78 is 4.49. The van der Waals surface area contributed by atoms with Crippen LogP contribution in [0.5, 0.6) is 0 Å². The van der Waals surface area contributed by atoms with Crippen LogP contribution in [-0.2, 0) is 9.53 Å². The van der Waals surface area contributed by atoms with E-state index in [2.05, 4.69) is 4.74 Å². The molecular weight excluding hydrogens is 204 g/mol. The summed E-state index contributed by atoms with van der Waals surface area (Å²) in [5.41, 5.74) is 0. The van der Waals surface area contributed by atoms with Gasteiger partial charge in [0.15, 0.2) is 0 Å². The molecule has 0 spiro atoms. The average Bonchev–Trinajstić information content (AvgIpc) is 2.22. The van der Waals surface area contributed by atoms with Crippen LogP contribution in [0.25, 0.3) is 0 Å². The van der Waals surface area contributed by atoms with E-state index in [9.17, 15) is 4.79 Å². The quantitative estimate of drug-likeness (QED) is 0.460. The second kappa shape index (κ2) is 9.30. The Morgan fingerprint density at radius 1 is 1.50 bits per heavy atom. The van der Waals surface area contributed by atoms with Crippen LogP contribution >= 0.6 is 11.8 Å². The third-order valence-corrected chi connectivity index (χ3v) is 2.87. The van der Waals surface area contributed by atoms with Crippen molar-refractivity contribution in [2.24, 2.45) is 0 Å². The highest BCUT2D eigenvalue weighted by Crippen LogP contribution is 2.08. The summed E-state index contributed by atoms with van der Waals surface area (Å²) in [5.74, 6) is 1.27. The fourth-order valence-corrected chi connectivity index (χ4v) is 1.80. The zero-order chi connectivity index (χ0) is 10.8. The van der Waals surface area contributed by atoms with E-state index in [4.69, 9.17) is 10.2 Å². The average molecular weight is 222 g/mol. The summed E-state index contributed by atoms with van der Waals surface area (Å²) >= 11 is 1.58. The maximum absolute atomic E-state index is 10.7. The van der Waals surface area contributed by atoms with Gasteiger partial charge in [0, 0.05) is 12.2 Å². The van der Waals surface area contributed by atoms with E-state index < -0.39 is 6.10 Å². The van der Waals surface area contributed by atoms with E-state index in [0.717, 1.165) is 18.6 Å². The molecule has 0 heterocycles. The van der Waals surface area contributed by atoms with Gasteiger partial charge in [-0.15, -0.1) is 0 Å². The van der Waals surface area contributed by atoms with Crippen molar-refractivity contribution in [3.05, 3.63) is 0 Å². The molecule has 0 rings (SSSR count). The highest BCUT2D eigenvalue weighted by atomic mass is 32.2. The predicted octanol–water partition coefficient (Wildman–Crippen LogP) is 0.416. The van der Waals surface area contributed by atoms with Gasteiger partial charge in [-0.1, -0.05) is 0 Å². The number of carbonyl (C=O) groups excluding carboxylic acids is 1. The summed E-state index contributed by atoms with van der Waals surface area (Å²) in [6, 6.07) is 0. The van der Waals surface area contributed by atoms with Crippen LogP contribution in [0, 0.1) is 0 Å². The van der Waals surface area contributed by atoms with Gasteiger partial charge in [-0.25, -0.2) is 0 Å². The van der Waals surface area contributed by atoms with Crippen LogP contribution in [0.1, 0.15) is 19.3 Å². The highest BCUT2D eigenvalue weighted by Gasteiger charge is 2.02. The number of hydrogen-bond acceptors (Lipinski definition) is 5. The Bertz CT molecular complexity index is 152. The highest BCUT2D eigenvalue weighted by molar-refractivity contribution is 7.99. The third-order valence-electron chi connectivity index (χ3n) is 1.67. The lowest BCUT2D eigenvalue weighted by Crippen LogP contribution is -2.14. The van der Waals surface area contributed by atoms with Crippen molar-refractivity contribution in [1.82, 2.24) is 0 Å². The molecule has 0 aliphatic heterocycles. The van der Waals surface area contributed by atoms with Gasteiger partial charge in [0.25, 0.3) is 0 Å². The number of esters is 1. The van der Waals surface area contributed by atoms with Crippen LogP contribution in [0.15, 0.2) is 0 Å². The molecule has 0 aromatic heterocycles. The fourth-order valence-electron chi connectivity index (χ4n) is 0.848. The zero-order valence-electron chi connectivity index (χ0n) is 8.44. The van der Waals surface area contributed by atoms with E-state index >= 15 is 0 Å². The van der Waals surface area contributed by atoms with Gasteiger partial charge < -0.3 is 14.9 Å². The normalized spacial score (nSPS) is 12.5. The third kappa shape index (κ3) is 8.34. The number of hydrogen-bond donors (Lipinski definition) is 2. The summed E-state index contributed by atoms with van der Waals surface area (Å²) in [6.07, 6.45) is 1.58. The zero-order valence-corrected chi connectivity index (χ0v) is 9.26. The largest absolute Gasteiger partial charge is 0.469 e. The fraction of sp³-hybridized carbons (Fsp3) is 0.889. The molecule has 0 radical (unpaired) electrons. The topological polar surface area (TPSA) is 66.8 Å². The van der Waals surface area contributed by atoms with Crippen molar-refractivity contribution in [2.75, 3.05) is 25.2 Å². The lowest BCUT2D eigenvalue weighted by Gasteiger charge is -2.05. The minimum Gasteiger partial charge on any atom is -0.469 e. The number of aliphatic hydroxyl groups is 2. The summed E-state index contributed by atoms with van der Waals surface area (Å²) in [5, 5.41) is 17.5. The molecule has 0 saturated carbocycles. The first-order valence-electron chi connectivity index (χ1n) is 4.64. The van der Waals surface area contributed by atoms with Gasteiger partial charge in [-0.2, -0.15) is 11.8 Å². The lowest BCUT2D eigenvalue weighted by atomic mass is 10.2. The van der Waals surface area contributed by atoms with Crippen molar-refractivity contribution in [3.63, 3.8) is 0 Å². The van der Waals surface area contributed by atoms with Gasteiger partial charge >= 0.3 is 5.97 Å². The number of ether oxygens (including phenoxy) is 1. The molecule has 0 saturated heterocycles. The molecule has 84 valence electrons. The van der Waals surface area contributed by atoms with Crippen molar-refractivity contribution < 1.29 is 19.7 Å². The minimum absolute atomic E-state index is 0.176. The summed E-state index contributed by atoms with van der Waals surface area (Å²) in [7, 11) is 1.38. The minimum atomic E-state index is -0.624. The number of thioether (sulfide) groups is 1. The standard InChI is InChI=1S/C9H18O4S/c1-13-9(12)4-2-3-5-14-7-8(11)6-10/h8,10-11H,2-7H2,1H3. The van der Waals surface area contributed by atoms with Crippen molar-refractivity contribution in [3.8, 4) is 0 Å². The molecule has 0 aromatic rings. The summed E-state index contributed by atoms with van der Waals surface area (Å²) in [4.78, 5) is 10.7. The monoisotopic (exact) mass is 222 g/mol. The van der Waals surface area contributed by atoms with E-state index in [-0.39, 0.29) is 12.6 Å². The number of rotatable bonds is 8. The molecule has 1 unspecified atom stereocenters. The maximum Gasteiger partial charge on any atom is 0.305 e. The van der Waals surface area contributed by atoms with Gasteiger partial charge in [0.2, 0.25) is 0 Å². The second-order valence-electron chi connectivity index (χ2n) is 2.94. The van der Waals surface area contributed by atoms with Crippen molar-refractivity contribution in [2.45, 2.75) is 25.4 Å². The van der Waals surface area contributed by atoms with E-state index in [0.29, 0.717) is 12.2 Å². The Balaban J connectivity index is 3.10. The number of methoxy groups -OCH3 is 1. The SMILES string of the molecule is COC(=O)CCCCSCC(O)CO. The molecular formula is C9H18O4S. The lowest BCUT2D eigenvalue weighted by molar-refractivity contribution is -0.140. The molecule has 0 amide bonds. The number of unbranched alkanes of at least 4 members (excludes halogenated alkanes) is 1. The first kappa shape index (κ1) is 13.7. The molecule has 14 heavy (non-hydrogen) atoms.